The van der Waals surface area contributed by atoms with E-state index in [2.05, 4.69) is 5.32 Å². The third-order valence-electron chi connectivity index (χ3n) is 2.70. The number of ketones is 1. The molecule has 0 aromatic heterocycles. The zero-order chi connectivity index (χ0) is 13.0. The Kier molecular flexibility index (Phi) is 3.85. The molecule has 2 aromatic carbocycles. The molecule has 1 N–H and O–H groups in total. The van der Waals surface area contributed by atoms with Crippen LogP contribution in [0, 0.1) is 5.82 Å². The van der Waals surface area contributed by atoms with Crippen molar-refractivity contribution in [1.29, 1.82) is 0 Å². The molecule has 0 spiro atoms. The van der Waals surface area contributed by atoms with Crippen molar-refractivity contribution < 1.29 is 9.18 Å². The van der Waals surface area contributed by atoms with E-state index in [1.807, 2.05) is 19.2 Å². The Morgan fingerprint density at radius 2 is 1.50 bits per heavy atom. The van der Waals surface area contributed by atoms with E-state index in [-0.39, 0.29) is 11.6 Å². The molecule has 92 valence electrons. The van der Waals surface area contributed by atoms with Crippen LogP contribution in [0.4, 0.5) is 4.39 Å². The van der Waals surface area contributed by atoms with Gasteiger partial charge in [0.25, 0.3) is 0 Å². The summed E-state index contributed by atoms with van der Waals surface area (Å²) < 4.78 is 12.8. The maximum atomic E-state index is 12.8. The average Bonchev–Trinajstić information content (AvgIpc) is 2.40. The van der Waals surface area contributed by atoms with Crippen molar-refractivity contribution in [3.63, 3.8) is 0 Å². The molecule has 2 rings (SSSR count). The van der Waals surface area contributed by atoms with Crippen molar-refractivity contribution in [2.24, 2.45) is 0 Å². The molecule has 0 aliphatic heterocycles. The molecular weight excluding hydrogens is 229 g/mol. The van der Waals surface area contributed by atoms with Crippen molar-refractivity contribution >= 4 is 5.78 Å². The molecule has 0 aliphatic carbocycles. The van der Waals surface area contributed by atoms with Crippen LogP contribution in [0.2, 0.25) is 0 Å². The van der Waals surface area contributed by atoms with Crippen molar-refractivity contribution in [3.05, 3.63) is 71.0 Å². The van der Waals surface area contributed by atoms with E-state index < -0.39 is 0 Å². The fourth-order valence-electron chi connectivity index (χ4n) is 1.75. The Morgan fingerprint density at radius 3 is 2.00 bits per heavy atom. The Balaban J connectivity index is 2.20. The molecule has 0 bridgehead atoms. The van der Waals surface area contributed by atoms with E-state index in [0.717, 1.165) is 12.1 Å². The highest BCUT2D eigenvalue weighted by Crippen LogP contribution is 2.12. The number of rotatable bonds is 4. The molecule has 18 heavy (non-hydrogen) atoms. The summed E-state index contributed by atoms with van der Waals surface area (Å²) in [6.07, 6.45) is 0. The first-order chi connectivity index (χ1) is 8.70. The van der Waals surface area contributed by atoms with Crippen LogP contribution >= 0.6 is 0 Å². The lowest BCUT2D eigenvalue weighted by Crippen LogP contribution is -2.06. The fourth-order valence-corrected chi connectivity index (χ4v) is 1.75. The first-order valence-electron chi connectivity index (χ1n) is 5.74. The zero-order valence-electron chi connectivity index (χ0n) is 10.1. The minimum Gasteiger partial charge on any atom is -0.316 e. The lowest BCUT2D eigenvalue weighted by molar-refractivity contribution is 0.103. The third kappa shape index (κ3) is 2.81. The summed E-state index contributed by atoms with van der Waals surface area (Å²) in [5.41, 5.74) is 2.23. The van der Waals surface area contributed by atoms with Crippen molar-refractivity contribution in [1.82, 2.24) is 5.32 Å². The van der Waals surface area contributed by atoms with Gasteiger partial charge >= 0.3 is 0 Å². The number of carbonyl (C=O) groups is 1. The molecule has 2 aromatic rings. The summed E-state index contributed by atoms with van der Waals surface area (Å²) in [6.45, 7) is 0.769. The van der Waals surface area contributed by atoms with Gasteiger partial charge in [0.05, 0.1) is 0 Å². The van der Waals surface area contributed by atoms with Crippen LogP contribution in [0.3, 0.4) is 0 Å². The molecule has 0 aliphatic rings. The maximum absolute atomic E-state index is 12.8. The lowest BCUT2D eigenvalue weighted by atomic mass is 10.0. The van der Waals surface area contributed by atoms with Gasteiger partial charge in [-0.25, -0.2) is 4.39 Å². The normalized spacial score (nSPS) is 10.3. The Morgan fingerprint density at radius 1 is 1.00 bits per heavy atom. The lowest BCUT2D eigenvalue weighted by Gasteiger charge is -2.03. The fraction of sp³-hybridized carbons (Fsp3) is 0.133. The molecule has 3 heteroatoms. The van der Waals surface area contributed by atoms with Crippen LogP contribution in [0.25, 0.3) is 0 Å². The van der Waals surface area contributed by atoms with Crippen LogP contribution in [0.15, 0.2) is 48.5 Å². The molecule has 0 heterocycles. The number of nitrogens with one attached hydrogen (secondary N) is 1. The largest absolute Gasteiger partial charge is 0.316 e. The highest BCUT2D eigenvalue weighted by molar-refractivity contribution is 6.08. The van der Waals surface area contributed by atoms with E-state index >= 15 is 0 Å². The first-order valence-corrected chi connectivity index (χ1v) is 5.74. The summed E-state index contributed by atoms with van der Waals surface area (Å²) >= 11 is 0. The van der Waals surface area contributed by atoms with Gasteiger partial charge in [-0.1, -0.05) is 24.3 Å². The topological polar surface area (TPSA) is 29.1 Å². The average molecular weight is 243 g/mol. The highest BCUT2D eigenvalue weighted by atomic mass is 19.1. The molecule has 0 unspecified atom stereocenters. The van der Waals surface area contributed by atoms with Gasteiger partial charge in [0, 0.05) is 17.7 Å². The van der Waals surface area contributed by atoms with E-state index in [0.29, 0.717) is 11.1 Å². The third-order valence-corrected chi connectivity index (χ3v) is 2.70. The van der Waals surface area contributed by atoms with Gasteiger partial charge in [0.1, 0.15) is 5.82 Å². The van der Waals surface area contributed by atoms with Gasteiger partial charge in [-0.05, 0) is 36.9 Å². The Bertz CT molecular complexity index is 531. The summed E-state index contributed by atoms with van der Waals surface area (Å²) in [6, 6.07) is 13.0. The van der Waals surface area contributed by atoms with Gasteiger partial charge in [-0.2, -0.15) is 0 Å². The zero-order valence-corrected chi connectivity index (χ0v) is 10.1. The second kappa shape index (κ2) is 5.56. The Labute approximate surface area is 105 Å². The predicted molar refractivity (Wildman–Crippen MR) is 69.0 cm³/mol. The molecule has 0 saturated heterocycles. The SMILES string of the molecule is CNCc1ccc(C(=O)c2ccc(F)cc2)cc1. The molecule has 0 fully saturated rings. The summed E-state index contributed by atoms with van der Waals surface area (Å²) in [7, 11) is 1.87. The van der Waals surface area contributed by atoms with E-state index in [1.165, 1.54) is 24.3 Å². The van der Waals surface area contributed by atoms with E-state index in [4.69, 9.17) is 0 Å². The second-order valence-corrected chi connectivity index (χ2v) is 4.06. The van der Waals surface area contributed by atoms with Crippen LogP contribution < -0.4 is 5.32 Å². The summed E-state index contributed by atoms with van der Waals surface area (Å²) in [5, 5.41) is 3.04. The number of hydrogen-bond donors (Lipinski definition) is 1. The standard InChI is InChI=1S/C15H14FNO/c1-17-10-11-2-4-12(5-3-11)15(18)13-6-8-14(16)9-7-13/h2-9,17H,10H2,1H3. The molecule has 0 amide bonds. The van der Waals surface area contributed by atoms with E-state index in [9.17, 15) is 9.18 Å². The van der Waals surface area contributed by atoms with E-state index in [1.54, 1.807) is 12.1 Å². The van der Waals surface area contributed by atoms with Crippen LogP contribution in [0.1, 0.15) is 21.5 Å². The molecular formula is C15H14FNO. The second-order valence-electron chi connectivity index (χ2n) is 4.06. The molecule has 0 saturated carbocycles. The van der Waals surface area contributed by atoms with Gasteiger partial charge in [0.2, 0.25) is 0 Å². The van der Waals surface area contributed by atoms with Gasteiger partial charge in [0.15, 0.2) is 5.78 Å². The Hall–Kier alpha value is -2.00. The smallest absolute Gasteiger partial charge is 0.193 e. The van der Waals surface area contributed by atoms with Gasteiger partial charge in [-0.15, -0.1) is 0 Å². The minimum atomic E-state index is -0.337. The highest BCUT2D eigenvalue weighted by Gasteiger charge is 2.08. The summed E-state index contributed by atoms with van der Waals surface area (Å²) in [4.78, 5) is 12.1. The van der Waals surface area contributed by atoms with Crippen LogP contribution in [-0.4, -0.2) is 12.8 Å². The number of halogens is 1. The van der Waals surface area contributed by atoms with Gasteiger partial charge in [-0.3, -0.25) is 4.79 Å². The quantitative estimate of drug-likeness (QED) is 0.837. The molecule has 0 atom stereocenters. The molecule has 0 radical (unpaired) electrons. The van der Waals surface area contributed by atoms with Crippen LogP contribution in [-0.2, 0) is 6.54 Å². The number of hydrogen-bond acceptors (Lipinski definition) is 2. The maximum Gasteiger partial charge on any atom is 0.193 e. The van der Waals surface area contributed by atoms with Crippen LogP contribution in [0.5, 0.6) is 0 Å². The van der Waals surface area contributed by atoms with Crippen molar-refractivity contribution in [2.75, 3.05) is 7.05 Å². The van der Waals surface area contributed by atoms with Crippen molar-refractivity contribution in [3.8, 4) is 0 Å². The minimum absolute atomic E-state index is 0.0917. The van der Waals surface area contributed by atoms with Gasteiger partial charge < -0.3 is 5.32 Å². The summed E-state index contributed by atoms with van der Waals surface area (Å²) in [5.74, 6) is -0.429. The van der Waals surface area contributed by atoms with Crippen molar-refractivity contribution in [2.45, 2.75) is 6.54 Å². The monoisotopic (exact) mass is 243 g/mol. The predicted octanol–water partition coefficient (Wildman–Crippen LogP) is 2.78. The molecule has 2 nitrogen and oxygen atoms in total. The first kappa shape index (κ1) is 12.5. The number of benzene rings is 2. The number of carbonyl (C=O) groups excluding carboxylic acids is 1.